The van der Waals surface area contributed by atoms with E-state index in [2.05, 4.69) is 26.0 Å². The average Bonchev–Trinajstić information content (AvgIpc) is 2.96. The van der Waals surface area contributed by atoms with E-state index in [4.69, 9.17) is 16.3 Å². The summed E-state index contributed by atoms with van der Waals surface area (Å²) in [7, 11) is 0. The molecule has 0 saturated heterocycles. The molecule has 0 bridgehead atoms. The number of fused-ring (bicyclic) bond motifs is 1. The highest BCUT2D eigenvalue weighted by Crippen LogP contribution is 2.31. The van der Waals surface area contributed by atoms with Crippen LogP contribution in [0.15, 0.2) is 16.7 Å². The van der Waals surface area contributed by atoms with E-state index in [9.17, 15) is 9.18 Å². The summed E-state index contributed by atoms with van der Waals surface area (Å²) < 4.78 is 21.3. The molecule has 2 aromatic heterocycles. The highest BCUT2D eigenvalue weighted by atomic mass is 79.9. The largest absolute Gasteiger partial charge is 0.443 e. The smallest absolute Gasteiger partial charge is 0.416 e. The van der Waals surface area contributed by atoms with E-state index in [1.807, 2.05) is 20.8 Å². The lowest BCUT2D eigenvalue weighted by Gasteiger charge is -2.30. The Kier molecular flexibility index (Phi) is 6.49. The number of amides is 1. The van der Waals surface area contributed by atoms with Crippen LogP contribution in [-0.4, -0.2) is 39.0 Å². The first-order chi connectivity index (χ1) is 13.1. The zero-order valence-electron chi connectivity index (χ0n) is 16.3. The summed E-state index contributed by atoms with van der Waals surface area (Å²) in [6, 6.07) is 1.61. The van der Waals surface area contributed by atoms with Gasteiger partial charge in [-0.05, 0) is 74.7 Å². The third-order valence-corrected chi connectivity index (χ3v) is 5.56. The molecule has 9 heteroatoms. The zero-order valence-corrected chi connectivity index (χ0v) is 18.6. The van der Waals surface area contributed by atoms with Crippen molar-refractivity contribution in [2.75, 3.05) is 11.4 Å². The second kappa shape index (κ2) is 8.53. The minimum Gasteiger partial charge on any atom is -0.443 e. The van der Waals surface area contributed by atoms with Crippen molar-refractivity contribution in [3.8, 4) is 0 Å². The van der Waals surface area contributed by atoms with Crippen molar-refractivity contribution in [3.63, 3.8) is 0 Å². The summed E-state index contributed by atoms with van der Waals surface area (Å²) in [6.45, 7) is 5.91. The maximum absolute atomic E-state index is 13.4. The van der Waals surface area contributed by atoms with Crippen molar-refractivity contribution >= 4 is 45.1 Å². The van der Waals surface area contributed by atoms with Crippen molar-refractivity contribution in [1.82, 2.24) is 14.6 Å². The van der Waals surface area contributed by atoms with Gasteiger partial charge >= 0.3 is 6.09 Å². The monoisotopic (exact) mass is 474 g/mol. The zero-order chi connectivity index (χ0) is 20.5. The third-order valence-electron chi connectivity index (χ3n) is 4.81. The van der Waals surface area contributed by atoms with Crippen molar-refractivity contribution in [2.24, 2.45) is 5.92 Å². The van der Waals surface area contributed by atoms with Gasteiger partial charge in [0.1, 0.15) is 22.7 Å². The quantitative estimate of drug-likeness (QED) is 0.524. The van der Waals surface area contributed by atoms with Gasteiger partial charge in [0, 0.05) is 12.6 Å². The van der Waals surface area contributed by atoms with Gasteiger partial charge in [-0.3, -0.25) is 4.90 Å². The molecule has 2 aromatic rings. The molecular formula is C19H25BrClFN4O2. The number of aromatic nitrogens is 3. The van der Waals surface area contributed by atoms with Crippen LogP contribution in [0.25, 0.3) is 5.65 Å². The van der Waals surface area contributed by atoms with Crippen LogP contribution in [0.1, 0.15) is 52.9 Å². The Balaban J connectivity index is 1.89. The van der Waals surface area contributed by atoms with E-state index in [0.717, 1.165) is 19.3 Å². The van der Waals surface area contributed by atoms with Gasteiger partial charge in [-0.25, -0.2) is 14.2 Å². The molecule has 1 aliphatic rings. The van der Waals surface area contributed by atoms with Gasteiger partial charge < -0.3 is 4.74 Å². The molecule has 0 aliphatic heterocycles. The maximum Gasteiger partial charge on any atom is 0.416 e. The third kappa shape index (κ3) is 5.14. The molecule has 0 radical (unpaired) electrons. The Bertz CT molecular complexity index is 846. The summed E-state index contributed by atoms with van der Waals surface area (Å²) >= 11 is 9.61. The normalized spacial score (nSPS) is 20.4. The van der Waals surface area contributed by atoms with Gasteiger partial charge in [-0.2, -0.15) is 9.61 Å². The summed E-state index contributed by atoms with van der Waals surface area (Å²) in [6.07, 6.45) is 4.06. The molecule has 6 nitrogen and oxygen atoms in total. The number of hydrogen-bond acceptors (Lipinski definition) is 4. The minimum absolute atomic E-state index is 0.259. The van der Waals surface area contributed by atoms with Crippen molar-refractivity contribution < 1.29 is 13.9 Å². The molecule has 3 rings (SSSR count). The van der Waals surface area contributed by atoms with Crippen molar-refractivity contribution in [1.29, 1.82) is 0 Å². The number of carbonyl (C=O) groups excluding carboxylic acids is 1. The van der Waals surface area contributed by atoms with Crippen LogP contribution in [0.2, 0.25) is 5.15 Å². The summed E-state index contributed by atoms with van der Waals surface area (Å²) in [5.41, 5.74) is -0.114. The number of ether oxygens (including phenoxy) is 1. The van der Waals surface area contributed by atoms with Crippen LogP contribution in [0, 0.1) is 5.92 Å². The van der Waals surface area contributed by atoms with Gasteiger partial charge in [0.05, 0.1) is 10.7 Å². The lowest BCUT2D eigenvalue weighted by atomic mass is 9.86. The molecule has 1 fully saturated rings. The van der Waals surface area contributed by atoms with E-state index >= 15 is 0 Å². The van der Waals surface area contributed by atoms with Crippen molar-refractivity contribution in [2.45, 2.75) is 64.6 Å². The molecule has 0 aromatic carbocycles. The molecule has 0 N–H and O–H groups in total. The number of hydrogen-bond donors (Lipinski definition) is 0. The SMILES string of the molecule is CC(C)(C)OC(=O)N(CCC1CCC(F)CC1)c1cc(Cl)nc2c(Br)cnn12. The first-order valence-electron chi connectivity index (χ1n) is 9.48. The summed E-state index contributed by atoms with van der Waals surface area (Å²) in [4.78, 5) is 18.8. The molecule has 1 amide bonds. The molecule has 2 heterocycles. The van der Waals surface area contributed by atoms with E-state index in [1.165, 1.54) is 0 Å². The summed E-state index contributed by atoms with van der Waals surface area (Å²) in [5, 5.41) is 4.57. The van der Waals surface area contributed by atoms with Gasteiger partial charge in [0.15, 0.2) is 5.65 Å². The Morgan fingerprint density at radius 2 is 2.07 bits per heavy atom. The highest BCUT2D eigenvalue weighted by molar-refractivity contribution is 9.10. The lowest BCUT2D eigenvalue weighted by Crippen LogP contribution is -2.39. The van der Waals surface area contributed by atoms with Crippen LogP contribution in [-0.2, 0) is 4.74 Å². The van der Waals surface area contributed by atoms with E-state index in [-0.39, 0.29) is 5.15 Å². The molecule has 28 heavy (non-hydrogen) atoms. The predicted octanol–water partition coefficient (Wildman–Crippen LogP) is 5.81. The molecule has 0 spiro atoms. The molecule has 154 valence electrons. The minimum atomic E-state index is -0.696. The van der Waals surface area contributed by atoms with Crippen LogP contribution in [0.4, 0.5) is 15.0 Å². The number of alkyl halides is 1. The molecule has 0 unspecified atom stereocenters. The standard InChI is InChI=1S/C19H25BrClFN4O2/c1-19(2,3)28-18(27)25(9-8-12-4-6-13(22)7-5-12)16-10-15(21)24-17-14(20)11-23-26(16)17/h10-13H,4-9H2,1-3H3. The fourth-order valence-corrected chi connectivity index (χ4v) is 3.95. The topological polar surface area (TPSA) is 59.7 Å². The Labute approximate surface area is 177 Å². The number of rotatable bonds is 4. The fourth-order valence-electron chi connectivity index (χ4n) is 3.42. The molecule has 1 saturated carbocycles. The number of carbonyl (C=O) groups is 1. The second-order valence-electron chi connectivity index (χ2n) is 8.20. The fraction of sp³-hybridized carbons (Fsp3) is 0.632. The average molecular weight is 476 g/mol. The molecule has 0 atom stereocenters. The maximum atomic E-state index is 13.4. The van der Waals surface area contributed by atoms with Crippen LogP contribution >= 0.6 is 27.5 Å². The second-order valence-corrected chi connectivity index (χ2v) is 9.45. The van der Waals surface area contributed by atoms with Crippen LogP contribution in [0.3, 0.4) is 0 Å². The lowest BCUT2D eigenvalue weighted by molar-refractivity contribution is 0.0575. The van der Waals surface area contributed by atoms with Gasteiger partial charge in [-0.15, -0.1) is 0 Å². The molecular weight excluding hydrogens is 451 g/mol. The number of nitrogens with zero attached hydrogens (tertiary/aromatic N) is 4. The van der Waals surface area contributed by atoms with Gasteiger partial charge in [0.2, 0.25) is 0 Å². The van der Waals surface area contributed by atoms with Crippen molar-refractivity contribution in [3.05, 3.63) is 21.9 Å². The van der Waals surface area contributed by atoms with Gasteiger partial charge in [0.25, 0.3) is 0 Å². The van der Waals surface area contributed by atoms with Gasteiger partial charge in [-0.1, -0.05) is 11.6 Å². The first-order valence-corrected chi connectivity index (χ1v) is 10.7. The highest BCUT2D eigenvalue weighted by Gasteiger charge is 2.28. The Morgan fingerprint density at radius 3 is 2.71 bits per heavy atom. The van der Waals surface area contributed by atoms with E-state index in [0.29, 0.717) is 41.2 Å². The predicted molar refractivity (Wildman–Crippen MR) is 111 cm³/mol. The van der Waals surface area contributed by atoms with Crippen LogP contribution < -0.4 is 4.90 Å². The van der Waals surface area contributed by atoms with Crippen LogP contribution in [0.5, 0.6) is 0 Å². The van der Waals surface area contributed by atoms with E-state index < -0.39 is 17.9 Å². The molecule has 1 aliphatic carbocycles. The first kappa shape index (κ1) is 21.3. The summed E-state index contributed by atoms with van der Waals surface area (Å²) in [5.74, 6) is 0.878. The van der Waals surface area contributed by atoms with E-state index in [1.54, 1.807) is 21.7 Å². The Hall–Kier alpha value is -1.41. The number of anilines is 1. The Morgan fingerprint density at radius 1 is 1.39 bits per heavy atom. The number of halogens is 3.